The second-order valence-corrected chi connectivity index (χ2v) is 7.97. The van der Waals surface area contributed by atoms with E-state index in [0.717, 1.165) is 19.6 Å². The number of aromatic hydroxyl groups is 1. The van der Waals surface area contributed by atoms with Gasteiger partial charge in [0.2, 0.25) is 10.0 Å². The monoisotopic (exact) mass is 366 g/mol. The molecule has 0 radical (unpaired) electrons. The number of phenols is 1. The van der Waals surface area contributed by atoms with Crippen LogP contribution in [0.4, 0.5) is 0 Å². The van der Waals surface area contributed by atoms with Crippen LogP contribution in [0.1, 0.15) is 25.7 Å². The van der Waals surface area contributed by atoms with Gasteiger partial charge in [-0.25, -0.2) is 13.1 Å². The van der Waals surface area contributed by atoms with Gasteiger partial charge >= 0.3 is 0 Å². The topological polar surface area (TPSA) is 69.6 Å². The number of benzene rings is 1. The number of piperidine rings is 1. The zero-order valence-corrected chi connectivity index (χ0v) is 14.5. The highest BCUT2D eigenvalue weighted by molar-refractivity contribution is 7.89. The summed E-state index contributed by atoms with van der Waals surface area (Å²) in [4.78, 5) is 2.05. The van der Waals surface area contributed by atoms with Crippen LogP contribution >= 0.6 is 23.2 Å². The molecule has 1 aromatic carbocycles. The largest absolute Gasteiger partial charge is 0.505 e. The highest BCUT2D eigenvalue weighted by atomic mass is 35.5. The summed E-state index contributed by atoms with van der Waals surface area (Å²) in [5.41, 5.74) is 0. The summed E-state index contributed by atoms with van der Waals surface area (Å²) < 4.78 is 26.9. The van der Waals surface area contributed by atoms with Gasteiger partial charge in [-0.05, 0) is 51.0 Å². The number of likely N-dealkylation sites (tertiary alicyclic amines) is 1. The van der Waals surface area contributed by atoms with E-state index < -0.39 is 15.8 Å². The lowest BCUT2D eigenvalue weighted by atomic mass is 10.1. The molecule has 2 rings (SSSR count). The Morgan fingerprint density at radius 2 is 1.86 bits per heavy atom. The van der Waals surface area contributed by atoms with Crippen molar-refractivity contribution in [2.24, 2.45) is 0 Å². The molecule has 1 aliphatic rings. The predicted molar refractivity (Wildman–Crippen MR) is 88.2 cm³/mol. The zero-order chi connectivity index (χ0) is 16.2. The number of phenolic OH excluding ortho intramolecular Hbond substituents is 1. The van der Waals surface area contributed by atoms with E-state index >= 15 is 0 Å². The van der Waals surface area contributed by atoms with Crippen molar-refractivity contribution in [1.29, 1.82) is 0 Å². The molecule has 0 bridgehead atoms. The number of halogens is 2. The van der Waals surface area contributed by atoms with Gasteiger partial charge in [-0.3, -0.25) is 0 Å². The molecule has 0 saturated carbocycles. The minimum absolute atomic E-state index is 0.0822. The Kier molecular flexibility index (Phi) is 6.35. The summed E-state index contributed by atoms with van der Waals surface area (Å²) >= 11 is 11.6. The van der Waals surface area contributed by atoms with E-state index in [1.54, 1.807) is 0 Å². The van der Waals surface area contributed by atoms with E-state index in [2.05, 4.69) is 9.62 Å². The van der Waals surface area contributed by atoms with Gasteiger partial charge in [0.05, 0.1) is 5.02 Å². The van der Waals surface area contributed by atoms with E-state index in [4.69, 9.17) is 23.2 Å². The standard InChI is InChI=1S/C14H20Cl2N2O3S/c15-11-9-12(16)14(19)13(10-11)22(20,21)17-5-4-8-18-6-2-1-3-7-18/h9-10,17,19H,1-8H2. The van der Waals surface area contributed by atoms with E-state index in [1.807, 2.05) is 0 Å². The summed E-state index contributed by atoms with van der Waals surface area (Å²) in [5, 5.41) is 9.88. The Bertz CT molecular complexity index is 617. The van der Waals surface area contributed by atoms with Crippen molar-refractivity contribution in [3.8, 4) is 5.75 Å². The zero-order valence-electron chi connectivity index (χ0n) is 12.2. The van der Waals surface area contributed by atoms with Crippen molar-refractivity contribution in [1.82, 2.24) is 9.62 Å². The molecule has 22 heavy (non-hydrogen) atoms. The lowest BCUT2D eigenvalue weighted by molar-refractivity contribution is 0.227. The molecule has 0 amide bonds. The number of sulfonamides is 1. The molecule has 1 aliphatic heterocycles. The average Bonchev–Trinajstić information content (AvgIpc) is 2.48. The van der Waals surface area contributed by atoms with Crippen molar-refractivity contribution < 1.29 is 13.5 Å². The molecule has 8 heteroatoms. The lowest BCUT2D eigenvalue weighted by Gasteiger charge is -2.26. The van der Waals surface area contributed by atoms with Crippen LogP contribution in [0.5, 0.6) is 5.75 Å². The van der Waals surface area contributed by atoms with Crippen molar-refractivity contribution in [2.45, 2.75) is 30.6 Å². The molecule has 0 spiro atoms. The van der Waals surface area contributed by atoms with Gasteiger partial charge in [0.1, 0.15) is 4.90 Å². The number of hydrogen-bond donors (Lipinski definition) is 2. The van der Waals surface area contributed by atoms with Crippen LogP contribution in [0.2, 0.25) is 10.0 Å². The molecule has 1 aromatic rings. The van der Waals surface area contributed by atoms with Gasteiger partial charge in [0, 0.05) is 11.6 Å². The molecule has 0 aromatic heterocycles. The molecule has 1 fully saturated rings. The molecule has 1 saturated heterocycles. The first-order chi connectivity index (χ1) is 10.4. The first-order valence-electron chi connectivity index (χ1n) is 7.30. The van der Waals surface area contributed by atoms with Crippen LogP contribution in [-0.2, 0) is 10.0 Å². The fraction of sp³-hybridized carbons (Fsp3) is 0.571. The third-order valence-electron chi connectivity index (χ3n) is 3.67. The Balaban J connectivity index is 1.91. The van der Waals surface area contributed by atoms with Crippen molar-refractivity contribution in [3.63, 3.8) is 0 Å². The molecule has 1 heterocycles. The van der Waals surface area contributed by atoms with E-state index in [9.17, 15) is 13.5 Å². The van der Waals surface area contributed by atoms with Gasteiger partial charge in [-0.15, -0.1) is 0 Å². The summed E-state index contributed by atoms with van der Waals surface area (Å²) in [7, 11) is -3.83. The van der Waals surface area contributed by atoms with Crippen LogP contribution in [0, 0.1) is 0 Å². The van der Waals surface area contributed by atoms with Crippen LogP contribution in [0.25, 0.3) is 0 Å². The molecular formula is C14H20Cl2N2O3S. The summed E-state index contributed by atoms with van der Waals surface area (Å²) in [6.45, 7) is 3.34. The maximum absolute atomic E-state index is 12.2. The number of hydrogen-bond acceptors (Lipinski definition) is 4. The molecule has 0 aliphatic carbocycles. The highest BCUT2D eigenvalue weighted by Gasteiger charge is 2.21. The van der Waals surface area contributed by atoms with Crippen LogP contribution < -0.4 is 4.72 Å². The Morgan fingerprint density at radius 3 is 2.55 bits per heavy atom. The smallest absolute Gasteiger partial charge is 0.244 e. The quantitative estimate of drug-likeness (QED) is 0.759. The Labute approximate surface area is 141 Å². The summed E-state index contributed by atoms with van der Waals surface area (Å²) in [6, 6.07) is 2.49. The summed E-state index contributed by atoms with van der Waals surface area (Å²) in [5.74, 6) is -0.477. The van der Waals surface area contributed by atoms with Gasteiger partial charge in [-0.2, -0.15) is 0 Å². The molecule has 5 nitrogen and oxygen atoms in total. The second kappa shape index (κ2) is 7.84. The average molecular weight is 367 g/mol. The van der Waals surface area contributed by atoms with Gasteiger partial charge in [0.25, 0.3) is 0 Å². The fourth-order valence-electron chi connectivity index (χ4n) is 2.52. The first-order valence-corrected chi connectivity index (χ1v) is 9.54. The maximum Gasteiger partial charge on any atom is 0.244 e. The third kappa shape index (κ3) is 4.73. The molecular weight excluding hydrogens is 347 g/mol. The number of rotatable bonds is 6. The molecule has 0 atom stereocenters. The highest BCUT2D eigenvalue weighted by Crippen LogP contribution is 2.33. The third-order valence-corrected chi connectivity index (χ3v) is 5.66. The van der Waals surface area contributed by atoms with Crippen molar-refractivity contribution in [2.75, 3.05) is 26.2 Å². The van der Waals surface area contributed by atoms with Gasteiger partial charge in [-0.1, -0.05) is 29.6 Å². The second-order valence-electron chi connectivity index (χ2n) is 5.39. The van der Waals surface area contributed by atoms with Crippen LogP contribution in [0.15, 0.2) is 17.0 Å². The molecule has 0 unspecified atom stereocenters. The van der Waals surface area contributed by atoms with E-state index in [-0.39, 0.29) is 14.9 Å². The molecule has 2 N–H and O–H groups in total. The molecule has 124 valence electrons. The number of nitrogens with zero attached hydrogens (tertiary/aromatic N) is 1. The minimum atomic E-state index is -3.83. The van der Waals surface area contributed by atoms with Crippen LogP contribution in [0.3, 0.4) is 0 Å². The van der Waals surface area contributed by atoms with Crippen molar-refractivity contribution >= 4 is 33.2 Å². The SMILES string of the molecule is O=S(=O)(NCCCN1CCCCC1)c1cc(Cl)cc(Cl)c1O. The normalized spacial score (nSPS) is 16.8. The van der Waals surface area contributed by atoms with Gasteiger partial charge in [0.15, 0.2) is 5.75 Å². The van der Waals surface area contributed by atoms with E-state index in [0.29, 0.717) is 13.0 Å². The van der Waals surface area contributed by atoms with E-state index in [1.165, 1.54) is 31.4 Å². The Morgan fingerprint density at radius 1 is 1.18 bits per heavy atom. The predicted octanol–water partition coefficient (Wildman–Crippen LogP) is 2.85. The van der Waals surface area contributed by atoms with Crippen molar-refractivity contribution in [3.05, 3.63) is 22.2 Å². The number of nitrogens with one attached hydrogen (secondary N) is 1. The summed E-state index contributed by atoms with van der Waals surface area (Å²) in [6.07, 6.45) is 4.41. The maximum atomic E-state index is 12.2. The van der Waals surface area contributed by atoms with Gasteiger partial charge < -0.3 is 10.0 Å². The Hall–Kier alpha value is -0.530. The lowest BCUT2D eigenvalue weighted by Crippen LogP contribution is -2.33. The fourth-order valence-corrected chi connectivity index (χ4v) is 4.35. The van der Waals surface area contributed by atoms with Crippen LogP contribution in [-0.4, -0.2) is 44.6 Å². The first kappa shape index (κ1) is 17.8. The minimum Gasteiger partial charge on any atom is -0.505 e.